The molecule has 1 rings (SSSR count). The van der Waals surface area contributed by atoms with Crippen LogP contribution in [0, 0.1) is 0 Å². The second kappa shape index (κ2) is 8.48. The minimum Gasteiger partial charge on any atom is -0.341 e. The predicted molar refractivity (Wildman–Crippen MR) is 71.1 cm³/mol. The van der Waals surface area contributed by atoms with E-state index in [0.29, 0.717) is 0 Å². The van der Waals surface area contributed by atoms with E-state index < -0.39 is 0 Å². The molecule has 0 aliphatic carbocycles. The fourth-order valence-electron chi connectivity index (χ4n) is 2.08. The second-order valence-corrected chi connectivity index (χ2v) is 4.74. The molecule has 1 fully saturated rings. The van der Waals surface area contributed by atoms with Crippen molar-refractivity contribution in [1.29, 1.82) is 0 Å². The molecule has 0 aromatic rings. The maximum Gasteiger partial charge on any atom is 0.241 e. The first kappa shape index (κ1) is 14.5. The second-order valence-electron chi connectivity index (χ2n) is 4.74. The van der Waals surface area contributed by atoms with E-state index >= 15 is 0 Å². The fourth-order valence-corrected chi connectivity index (χ4v) is 2.08. The molecule has 1 aliphatic rings. The first-order valence-corrected chi connectivity index (χ1v) is 7.02. The summed E-state index contributed by atoms with van der Waals surface area (Å²) in [6.07, 6.45) is 4.50. The molecule has 0 spiro atoms. The number of nitrogens with zero attached hydrogens (tertiary/aromatic N) is 1. The molecular formula is C13H27N3O. The highest BCUT2D eigenvalue weighted by Crippen LogP contribution is 2.03. The molecule has 4 nitrogen and oxygen atoms in total. The zero-order chi connectivity index (χ0) is 12.5. The Balaban J connectivity index is 2.44. The fraction of sp³-hybridized carbons (Fsp3) is 0.923. The summed E-state index contributed by atoms with van der Waals surface area (Å²) in [7, 11) is 0. The zero-order valence-corrected chi connectivity index (χ0v) is 11.3. The molecule has 4 heteroatoms. The van der Waals surface area contributed by atoms with Crippen molar-refractivity contribution >= 4 is 5.91 Å². The lowest BCUT2D eigenvalue weighted by molar-refractivity contribution is -0.133. The summed E-state index contributed by atoms with van der Waals surface area (Å²) in [6, 6.07) is -0.0162. The number of piperazine rings is 1. The van der Waals surface area contributed by atoms with Crippen LogP contribution < -0.4 is 10.6 Å². The van der Waals surface area contributed by atoms with Gasteiger partial charge in [-0.1, -0.05) is 26.7 Å². The van der Waals surface area contributed by atoms with Gasteiger partial charge in [0, 0.05) is 32.7 Å². The minimum atomic E-state index is -0.0162. The van der Waals surface area contributed by atoms with Gasteiger partial charge in [-0.2, -0.15) is 0 Å². The molecule has 0 aromatic carbocycles. The first-order chi connectivity index (χ1) is 8.29. The van der Waals surface area contributed by atoms with Gasteiger partial charge in [-0.15, -0.1) is 0 Å². The van der Waals surface area contributed by atoms with Crippen LogP contribution in [0.3, 0.4) is 0 Å². The van der Waals surface area contributed by atoms with Gasteiger partial charge in [-0.25, -0.2) is 0 Å². The van der Waals surface area contributed by atoms with Gasteiger partial charge in [0.25, 0.3) is 0 Å². The Morgan fingerprint density at radius 2 is 1.82 bits per heavy atom. The third-order valence-electron chi connectivity index (χ3n) is 3.21. The van der Waals surface area contributed by atoms with Gasteiger partial charge >= 0.3 is 0 Å². The lowest BCUT2D eigenvalue weighted by Crippen LogP contribution is -2.56. The van der Waals surface area contributed by atoms with E-state index in [1.165, 1.54) is 0 Å². The van der Waals surface area contributed by atoms with Crippen LogP contribution in [0.4, 0.5) is 0 Å². The topological polar surface area (TPSA) is 44.4 Å². The highest BCUT2D eigenvalue weighted by Gasteiger charge is 2.24. The van der Waals surface area contributed by atoms with Crippen molar-refractivity contribution in [3.05, 3.63) is 0 Å². The Morgan fingerprint density at radius 3 is 2.29 bits per heavy atom. The minimum absolute atomic E-state index is 0.0162. The van der Waals surface area contributed by atoms with Crippen molar-refractivity contribution in [3.8, 4) is 0 Å². The summed E-state index contributed by atoms with van der Waals surface area (Å²) >= 11 is 0. The van der Waals surface area contributed by atoms with E-state index in [0.717, 1.165) is 58.4 Å². The van der Waals surface area contributed by atoms with Crippen molar-refractivity contribution < 1.29 is 4.79 Å². The van der Waals surface area contributed by atoms with Gasteiger partial charge in [0.2, 0.25) is 5.91 Å². The molecule has 1 unspecified atom stereocenters. The highest BCUT2D eigenvalue weighted by molar-refractivity contribution is 5.82. The Bertz CT molecular complexity index is 207. The molecule has 100 valence electrons. The molecule has 1 atom stereocenters. The summed E-state index contributed by atoms with van der Waals surface area (Å²) in [5.74, 6) is 0.277. The molecule has 0 aromatic heterocycles. The van der Waals surface area contributed by atoms with E-state index in [1.807, 2.05) is 4.90 Å². The predicted octanol–water partition coefficient (Wildman–Crippen LogP) is 0.977. The molecule has 1 heterocycles. The molecule has 1 aliphatic heterocycles. The quantitative estimate of drug-likeness (QED) is 0.698. The van der Waals surface area contributed by atoms with Crippen LogP contribution in [-0.4, -0.2) is 49.6 Å². The maximum atomic E-state index is 12.3. The molecule has 0 saturated carbocycles. The summed E-state index contributed by atoms with van der Waals surface area (Å²) in [5, 5.41) is 6.57. The van der Waals surface area contributed by atoms with Crippen molar-refractivity contribution in [2.24, 2.45) is 0 Å². The third-order valence-corrected chi connectivity index (χ3v) is 3.21. The standard InChI is InChI=1S/C13H27N3O/c1-3-5-9-16(10-6-4-2)13(17)12-11-14-7-8-15-12/h12,14-15H,3-11H2,1-2H3. The van der Waals surface area contributed by atoms with Crippen molar-refractivity contribution in [3.63, 3.8) is 0 Å². The Labute approximate surface area is 105 Å². The van der Waals surface area contributed by atoms with E-state index in [-0.39, 0.29) is 11.9 Å². The van der Waals surface area contributed by atoms with Crippen LogP contribution in [0.15, 0.2) is 0 Å². The Hall–Kier alpha value is -0.610. The monoisotopic (exact) mass is 241 g/mol. The van der Waals surface area contributed by atoms with Crippen LogP contribution in [0.2, 0.25) is 0 Å². The average Bonchev–Trinajstić information content (AvgIpc) is 2.39. The van der Waals surface area contributed by atoms with Crippen molar-refractivity contribution in [2.75, 3.05) is 32.7 Å². The molecular weight excluding hydrogens is 214 g/mol. The van der Waals surface area contributed by atoms with Gasteiger partial charge in [-0.3, -0.25) is 4.79 Å². The van der Waals surface area contributed by atoms with Crippen LogP contribution >= 0.6 is 0 Å². The summed E-state index contributed by atoms with van der Waals surface area (Å²) in [6.45, 7) is 8.79. The van der Waals surface area contributed by atoms with Crippen molar-refractivity contribution in [1.82, 2.24) is 15.5 Å². The largest absolute Gasteiger partial charge is 0.341 e. The normalized spacial score (nSPS) is 20.2. The Morgan fingerprint density at radius 1 is 1.18 bits per heavy atom. The van der Waals surface area contributed by atoms with E-state index in [4.69, 9.17) is 0 Å². The van der Waals surface area contributed by atoms with E-state index in [2.05, 4.69) is 24.5 Å². The molecule has 2 N–H and O–H groups in total. The maximum absolute atomic E-state index is 12.3. The number of nitrogens with one attached hydrogen (secondary N) is 2. The smallest absolute Gasteiger partial charge is 0.241 e. The molecule has 0 bridgehead atoms. The SMILES string of the molecule is CCCCN(CCCC)C(=O)C1CNCCN1. The molecule has 17 heavy (non-hydrogen) atoms. The zero-order valence-electron chi connectivity index (χ0n) is 11.3. The lowest BCUT2D eigenvalue weighted by Gasteiger charge is -2.30. The number of hydrogen-bond acceptors (Lipinski definition) is 3. The average molecular weight is 241 g/mol. The van der Waals surface area contributed by atoms with Gasteiger partial charge < -0.3 is 15.5 Å². The summed E-state index contributed by atoms with van der Waals surface area (Å²) < 4.78 is 0. The van der Waals surface area contributed by atoms with Gasteiger partial charge in [0.15, 0.2) is 0 Å². The number of carbonyl (C=O) groups is 1. The van der Waals surface area contributed by atoms with Crippen LogP contribution in [0.5, 0.6) is 0 Å². The highest BCUT2D eigenvalue weighted by atomic mass is 16.2. The van der Waals surface area contributed by atoms with Crippen LogP contribution in [-0.2, 0) is 4.79 Å². The summed E-state index contributed by atoms with van der Waals surface area (Å²) in [5.41, 5.74) is 0. The third kappa shape index (κ3) is 5.04. The van der Waals surface area contributed by atoms with Crippen LogP contribution in [0.1, 0.15) is 39.5 Å². The lowest BCUT2D eigenvalue weighted by atomic mass is 10.2. The first-order valence-electron chi connectivity index (χ1n) is 7.02. The molecule has 0 radical (unpaired) electrons. The molecule has 1 amide bonds. The number of unbranched alkanes of at least 4 members (excludes halogenated alkanes) is 2. The number of carbonyl (C=O) groups excluding carboxylic acids is 1. The van der Waals surface area contributed by atoms with E-state index in [1.54, 1.807) is 0 Å². The summed E-state index contributed by atoms with van der Waals surface area (Å²) in [4.78, 5) is 14.4. The number of amides is 1. The van der Waals surface area contributed by atoms with Gasteiger partial charge in [0.1, 0.15) is 0 Å². The van der Waals surface area contributed by atoms with Crippen LogP contribution in [0.25, 0.3) is 0 Å². The van der Waals surface area contributed by atoms with Gasteiger partial charge in [0.05, 0.1) is 6.04 Å². The van der Waals surface area contributed by atoms with E-state index in [9.17, 15) is 4.79 Å². The number of rotatable bonds is 7. The Kier molecular flexibility index (Phi) is 7.21. The van der Waals surface area contributed by atoms with Gasteiger partial charge in [-0.05, 0) is 12.8 Å². The van der Waals surface area contributed by atoms with Crippen molar-refractivity contribution in [2.45, 2.75) is 45.6 Å². The number of hydrogen-bond donors (Lipinski definition) is 2. The molecule has 1 saturated heterocycles.